The molecule has 1 heterocycles. The van der Waals surface area contributed by atoms with Crippen molar-refractivity contribution in [1.82, 2.24) is 10.2 Å². The molecule has 0 spiro atoms. The van der Waals surface area contributed by atoms with E-state index in [4.69, 9.17) is 21.8 Å². The van der Waals surface area contributed by atoms with E-state index in [0.29, 0.717) is 5.56 Å². The molecular formula is C15H11ClFN3O. The van der Waals surface area contributed by atoms with Crippen LogP contribution in [0.15, 0.2) is 52.9 Å². The quantitative estimate of drug-likeness (QED) is 0.803. The SMILES string of the molecule is NC(c1ccccc1)c1nnc(-c2ccc(Cl)c(F)c2)o1. The van der Waals surface area contributed by atoms with Gasteiger partial charge in [0.05, 0.1) is 5.02 Å². The predicted octanol–water partition coefficient (Wildman–Crippen LogP) is 3.58. The van der Waals surface area contributed by atoms with Crippen molar-refractivity contribution in [3.8, 4) is 11.5 Å². The Kier molecular flexibility index (Phi) is 3.68. The minimum absolute atomic E-state index is 0.0412. The van der Waals surface area contributed by atoms with Gasteiger partial charge < -0.3 is 10.2 Å². The van der Waals surface area contributed by atoms with Crippen LogP contribution in [0.2, 0.25) is 5.02 Å². The molecule has 0 aliphatic heterocycles. The summed E-state index contributed by atoms with van der Waals surface area (Å²) in [6.45, 7) is 0. The van der Waals surface area contributed by atoms with Crippen LogP contribution in [0.5, 0.6) is 0 Å². The molecule has 1 unspecified atom stereocenters. The maximum Gasteiger partial charge on any atom is 0.247 e. The van der Waals surface area contributed by atoms with E-state index in [0.717, 1.165) is 5.56 Å². The topological polar surface area (TPSA) is 64.9 Å². The van der Waals surface area contributed by atoms with Gasteiger partial charge in [-0.15, -0.1) is 10.2 Å². The number of rotatable bonds is 3. The smallest absolute Gasteiger partial charge is 0.247 e. The molecule has 0 bridgehead atoms. The summed E-state index contributed by atoms with van der Waals surface area (Å²) in [5.41, 5.74) is 7.38. The summed E-state index contributed by atoms with van der Waals surface area (Å²) in [4.78, 5) is 0. The number of hydrogen-bond donors (Lipinski definition) is 1. The zero-order valence-electron chi connectivity index (χ0n) is 10.8. The number of hydrogen-bond acceptors (Lipinski definition) is 4. The molecule has 2 aromatic carbocycles. The summed E-state index contributed by atoms with van der Waals surface area (Å²) in [6, 6.07) is 13.2. The van der Waals surface area contributed by atoms with Crippen molar-refractivity contribution < 1.29 is 8.81 Å². The van der Waals surface area contributed by atoms with Crippen LogP contribution >= 0.6 is 11.6 Å². The van der Waals surface area contributed by atoms with Gasteiger partial charge in [0, 0.05) is 5.56 Å². The average Bonchev–Trinajstić information content (AvgIpc) is 3.00. The molecular weight excluding hydrogens is 293 g/mol. The highest BCUT2D eigenvalue weighted by Gasteiger charge is 2.17. The van der Waals surface area contributed by atoms with Crippen LogP contribution in [0.3, 0.4) is 0 Å². The Labute approximate surface area is 125 Å². The number of nitrogens with two attached hydrogens (primary N) is 1. The second-order valence-electron chi connectivity index (χ2n) is 4.46. The molecule has 1 atom stereocenters. The lowest BCUT2D eigenvalue weighted by molar-refractivity contribution is 0.484. The first-order valence-corrected chi connectivity index (χ1v) is 6.62. The van der Waals surface area contributed by atoms with Crippen molar-refractivity contribution in [1.29, 1.82) is 0 Å². The maximum absolute atomic E-state index is 13.4. The zero-order valence-corrected chi connectivity index (χ0v) is 11.6. The van der Waals surface area contributed by atoms with Gasteiger partial charge in [-0.05, 0) is 23.8 Å². The first kappa shape index (κ1) is 13.7. The Morgan fingerprint density at radius 2 is 1.86 bits per heavy atom. The van der Waals surface area contributed by atoms with Crippen molar-refractivity contribution in [3.63, 3.8) is 0 Å². The van der Waals surface area contributed by atoms with E-state index in [1.807, 2.05) is 30.3 Å². The summed E-state index contributed by atoms with van der Waals surface area (Å²) in [5.74, 6) is -0.0696. The fourth-order valence-corrected chi connectivity index (χ4v) is 2.03. The highest BCUT2D eigenvalue weighted by atomic mass is 35.5. The Hall–Kier alpha value is -2.24. The minimum Gasteiger partial charge on any atom is -0.419 e. The van der Waals surface area contributed by atoms with Crippen LogP contribution in [0.25, 0.3) is 11.5 Å². The molecule has 6 heteroatoms. The summed E-state index contributed by atoms with van der Waals surface area (Å²) < 4.78 is 19.0. The van der Waals surface area contributed by atoms with Gasteiger partial charge in [0.1, 0.15) is 11.9 Å². The van der Waals surface area contributed by atoms with E-state index in [1.54, 1.807) is 6.07 Å². The first-order chi connectivity index (χ1) is 10.1. The third-order valence-corrected chi connectivity index (χ3v) is 3.34. The molecule has 0 fully saturated rings. The summed E-state index contributed by atoms with van der Waals surface area (Å²) in [5, 5.41) is 7.86. The summed E-state index contributed by atoms with van der Waals surface area (Å²) in [6.07, 6.45) is 0. The van der Waals surface area contributed by atoms with Gasteiger partial charge in [0.15, 0.2) is 0 Å². The summed E-state index contributed by atoms with van der Waals surface area (Å²) >= 11 is 5.64. The van der Waals surface area contributed by atoms with E-state index in [9.17, 15) is 4.39 Å². The van der Waals surface area contributed by atoms with Crippen LogP contribution in [-0.2, 0) is 0 Å². The number of benzene rings is 2. The maximum atomic E-state index is 13.4. The van der Waals surface area contributed by atoms with Crippen LogP contribution in [0.1, 0.15) is 17.5 Å². The molecule has 1 aromatic heterocycles. The third kappa shape index (κ3) is 2.79. The molecule has 0 saturated carbocycles. The minimum atomic E-state index is -0.540. The number of aromatic nitrogens is 2. The van der Waals surface area contributed by atoms with Gasteiger partial charge in [0.25, 0.3) is 0 Å². The molecule has 3 rings (SSSR count). The van der Waals surface area contributed by atoms with E-state index in [1.165, 1.54) is 12.1 Å². The highest BCUT2D eigenvalue weighted by molar-refractivity contribution is 6.30. The van der Waals surface area contributed by atoms with Crippen molar-refractivity contribution in [3.05, 3.63) is 70.8 Å². The first-order valence-electron chi connectivity index (χ1n) is 6.24. The van der Waals surface area contributed by atoms with Crippen molar-refractivity contribution in [2.75, 3.05) is 0 Å². The normalized spacial score (nSPS) is 12.3. The van der Waals surface area contributed by atoms with Crippen molar-refractivity contribution >= 4 is 11.6 Å². The Balaban J connectivity index is 1.91. The fourth-order valence-electron chi connectivity index (χ4n) is 1.91. The Bertz CT molecular complexity index is 761. The molecule has 4 nitrogen and oxygen atoms in total. The van der Waals surface area contributed by atoms with Crippen LogP contribution in [-0.4, -0.2) is 10.2 Å². The van der Waals surface area contributed by atoms with Crippen molar-refractivity contribution in [2.45, 2.75) is 6.04 Å². The molecule has 0 amide bonds. The molecule has 21 heavy (non-hydrogen) atoms. The van der Waals surface area contributed by atoms with Gasteiger partial charge in [-0.3, -0.25) is 0 Å². The van der Waals surface area contributed by atoms with E-state index < -0.39 is 11.9 Å². The van der Waals surface area contributed by atoms with Crippen LogP contribution < -0.4 is 5.73 Å². The largest absolute Gasteiger partial charge is 0.419 e. The lowest BCUT2D eigenvalue weighted by atomic mass is 10.1. The van der Waals surface area contributed by atoms with Gasteiger partial charge >= 0.3 is 0 Å². The van der Waals surface area contributed by atoms with E-state index >= 15 is 0 Å². The zero-order chi connectivity index (χ0) is 14.8. The molecule has 0 aliphatic rings. The van der Waals surface area contributed by atoms with Crippen LogP contribution in [0.4, 0.5) is 4.39 Å². The number of halogens is 2. The average molecular weight is 304 g/mol. The van der Waals surface area contributed by atoms with Gasteiger partial charge in [-0.1, -0.05) is 41.9 Å². The monoisotopic (exact) mass is 303 g/mol. The van der Waals surface area contributed by atoms with Gasteiger partial charge in [-0.2, -0.15) is 0 Å². The highest BCUT2D eigenvalue weighted by Crippen LogP contribution is 2.25. The molecule has 3 aromatic rings. The Morgan fingerprint density at radius 3 is 2.57 bits per heavy atom. The summed E-state index contributed by atoms with van der Waals surface area (Å²) in [7, 11) is 0. The molecule has 0 aliphatic carbocycles. The van der Waals surface area contributed by atoms with Gasteiger partial charge in [0.2, 0.25) is 11.8 Å². The van der Waals surface area contributed by atoms with Crippen molar-refractivity contribution in [2.24, 2.45) is 5.73 Å². The number of nitrogens with zero attached hydrogens (tertiary/aromatic N) is 2. The Morgan fingerprint density at radius 1 is 1.10 bits per heavy atom. The molecule has 2 N–H and O–H groups in total. The molecule has 106 valence electrons. The fraction of sp³-hybridized carbons (Fsp3) is 0.0667. The second kappa shape index (κ2) is 5.63. The van der Waals surface area contributed by atoms with Crippen LogP contribution in [0, 0.1) is 5.82 Å². The lowest BCUT2D eigenvalue weighted by Gasteiger charge is -2.06. The van der Waals surface area contributed by atoms with Gasteiger partial charge in [-0.25, -0.2) is 4.39 Å². The third-order valence-electron chi connectivity index (χ3n) is 3.03. The molecule has 0 radical (unpaired) electrons. The molecule has 0 saturated heterocycles. The van der Waals surface area contributed by atoms with E-state index in [2.05, 4.69) is 10.2 Å². The lowest BCUT2D eigenvalue weighted by Crippen LogP contribution is -2.11. The standard InChI is InChI=1S/C15H11ClFN3O/c16-11-7-6-10(8-12(11)17)14-19-20-15(21-14)13(18)9-4-2-1-3-5-9/h1-8,13H,18H2. The predicted molar refractivity (Wildman–Crippen MR) is 77.2 cm³/mol. The van der Waals surface area contributed by atoms with E-state index in [-0.39, 0.29) is 16.8 Å². The second-order valence-corrected chi connectivity index (χ2v) is 4.87.